The number of aryl methyl sites for hydroxylation is 1. The number of hydrogen-bond donors (Lipinski definition) is 1. The maximum Gasteiger partial charge on any atom is 0.416 e. The standard InChI is InChI=1S/C13H17F3O/c1-3-5-10-6-4-7-11(9(2)8-17)12(10)13(14,15)16/h4,6-7,9,17H,3,5,8H2,1-2H3. The second kappa shape index (κ2) is 5.54. The van der Waals surface area contributed by atoms with Gasteiger partial charge in [-0.2, -0.15) is 13.2 Å². The van der Waals surface area contributed by atoms with E-state index in [1.165, 1.54) is 12.1 Å². The number of hydrogen-bond acceptors (Lipinski definition) is 1. The van der Waals surface area contributed by atoms with E-state index in [4.69, 9.17) is 5.11 Å². The van der Waals surface area contributed by atoms with E-state index in [0.717, 1.165) is 0 Å². The quantitative estimate of drug-likeness (QED) is 0.857. The molecule has 0 heterocycles. The Balaban J connectivity index is 3.34. The van der Waals surface area contributed by atoms with E-state index in [1.54, 1.807) is 13.0 Å². The predicted octanol–water partition coefficient (Wildman–Crippen LogP) is 3.75. The van der Waals surface area contributed by atoms with Gasteiger partial charge in [-0.1, -0.05) is 38.5 Å². The molecule has 0 spiro atoms. The van der Waals surface area contributed by atoms with Crippen LogP contribution in [0.1, 0.15) is 42.9 Å². The number of rotatable bonds is 4. The number of aliphatic hydroxyl groups is 1. The molecule has 0 aromatic heterocycles. The summed E-state index contributed by atoms with van der Waals surface area (Å²) in [6, 6.07) is 4.59. The van der Waals surface area contributed by atoms with Gasteiger partial charge < -0.3 is 5.11 Å². The highest BCUT2D eigenvalue weighted by Crippen LogP contribution is 2.38. The fourth-order valence-electron chi connectivity index (χ4n) is 1.95. The molecule has 1 nitrogen and oxygen atoms in total. The molecule has 96 valence electrons. The molecule has 0 aliphatic heterocycles. The van der Waals surface area contributed by atoms with E-state index in [0.29, 0.717) is 18.4 Å². The van der Waals surface area contributed by atoms with Crippen LogP contribution in [0.25, 0.3) is 0 Å². The van der Waals surface area contributed by atoms with Crippen LogP contribution in [0.4, 0.5) is 13.2 Å². The van der Waals surface area contributed by atoms with Crippen molar-refractivity contribution in [3.8, 4) is 0 Å². The fourth-order valence-corrected chi connectivity index (χ4v) is 1.95. The topological polar surface area (TPSA) is 20.2 Å². The third-order valence-corrected chi connectivity index (χ3v) is 2.79. The van der Waals surface area contributed by atoms with Gasteiger partial charge >= 0.3 is 6.18 Å². The summed E-state index contributed by atoms with van der Waals surface area (Å²) in [4.78, 5) is 0. The SMILES string of the molecule is CCCc1cccc(C(C)CO)c1C(F)(F)F. The largest absolute Gasteiger partial charge is 0.416 e. The van der Waals surface area contributed by atoms with Crippen LogP contribution in [0.2, 0.25) is 0 Å². The van der Waals surface area contributed by atoms with Crippen LogP contribution < -0.4 is 0 Å². The molecule has 0 fully saturated rings. The van der Waals surface area contributed by atoms with Gasteiger partial charge in [-0.05, 0) is 17.5 Å². The van der Waals surface area contributed by atoms with Crippen LogP contribution >= 0.6 is 0 Å². The maximum absolute atomic E-state index is 13.0. The number of benzene rings is 1. The molecule has 1 aromatic carbocycles. The Morgan fingerprint density at radius 2 is 1.94 bits per heavy atom. The fraction of sp³-hybridized carbons (Fsp3) is 0.538. The molecule has 0 saturated heterocycles. The molecular formula is C13H17F3O. The van der Waals surface area contributed by atoms with E-state index >= 15 is 0 Å². The van der Waals surface area contributed by atoms with Crippen molar-refractivity contribution in [2.24, 2.45) is 0 Å². The molecule has 0 saturated carbocycles. The Morgan fingerprint density at radius 3 is 2.41 bits per heavy atom. The predicted molar refractivity (Wildman–Crippen MR) is 60.9 cm³/mol. The molecule has 1 aromatic rings. The summed E-state index contributed by atoms with van der Waals surface area (Å²) >= 11 is 0. The number of aliphatic hydroxyl groups excluding tert-OH is 1. The minimum atomic E-state index is -4.36. The Bertz CT molecular complexity index is 371. The second-order valence-corrected chi connectivity index (χ2v) is 4.21. The zero-order chi connectivity index (χ0) is 13.1. The lowest BCUT2D eigenvalue weighted by Crippen LogP contribution is -2.15. The van der Waals surface area contributed by atoms with Crippen molar-refractivity contribution in [2.45, 2.75) is 38.8 Å². The Labute approximate surface area is 99.3 Å². The van der Waals surface area contributed by atoms with Gasteiger partial charge in [0.25, 0.3) is 0 Å². The maximum atomic E-state index is 13.0. The molecular weight excluding hydrogens is 229 g/mol. The van der Waals surface area contributed by atoms with Crippen molar-refractivity contribution in [3.63, 3.8) is 0 Å². The van der Waals surface area contributed by atoms with E-state index in [2.05, 4.69) is 0 Å². The molecule has 1 atom stereocenters. The van der Waals surface area contributed by atoms with Crippen LogP contribution in [-0.4, -0.2) is 11.7 Å². The van der Waals surface area contributed by atoms with Crippen molar-refractivity contribution >= 4 is 0 Å². The summed E-state index contributed by atoms with van der Waals surface area (Å²) < 4.78 is 39.1. The zero-order valence-corrected chi connectivity index (χ0v) is 10.0. The first kappa shape index (κ1) is 14.0. The highest BCUT2D eigenvalue weighted by Gasteiger charge is 2.36. The number of halogens is 3. The first-order valence-electron chi connectivity index (χ1n) is 5.71. The average Bonchev–Trinajstić information content (AvgIpc) is 2.26. The number of alkyl halides is 3. The first-order valence-corrected chi connectivity index (χ1v) is 5.71. The summed E-state index contributed by atoms with van der Waals surface area (Å²) in [7, 11) is 0. The van der Waals surface area contributed by atoms with Crippen LogP contribution in [0.5, 0.6) is 0 Å². The lowest BCUT2D eigenvalue weighted by molar-refractivity contribution is -0.139. The Kier molecular flexibility index (Phi) is 4.57. The summed E-state index contributed by atoms with van der Waals surface area (Å²) in [6.07, 6.45) is -3.29. The van der Waals surface area contributed by atoms with E-state index in [9.17, 15) is 13.2 Å². The molecule has 0 aliphatic rings. The van der Waals surface area contributed by atoms with Gasteiger partial charge in [-0.15, -0.1) is 0 Å². The smallest absolute Gasteiger partial charge is 0.396 e. The highest BCUT2D eigenvalue weighted by molar-refractivity contribution is 5.39. The van der Waals surface area contributed by atoms with Crippen LogP contribution in [0.3, 0.4) is 0 Å². The summed E-state index contributed by atoms with van der Waals surface area (Å²) in [5.41, 5.74) is -0.0628. The van der Waals surface area contributed by atoms with Gasteiger partial charge in [0, 0.05) is 12.5 Å². The first-order chi connectivity index (χ1) is 7.91. The third-order valence-electron chi connectivity index (χ3n) is 2.79. The summed E-state index contributed by atoms with van der Waals surface area (Å²) in [5.74, 6) is -0.497. The van der Waals surface area contributed by atoms with Crippen molar-refractivity contribution in [1.82, 2.24) is 0 Å². The van der Waals surface area contributed by atoms with Gasteiger partial charge in [0.05, 0.1) is 5.56 Å². The van der Waals surface area contributed by atoms with Crippen molar-refractivity contribution in [1.29, 1.82) is 0 Å². The van der Waals surface area contributed by atoms with E-state index < -0.39 is 17.7 Å². The second-order valence-electron chi connectivity index (χ2n) is 4.21. The summed E-state index contributed by atoms with van der Waals surface area (Å²) in [5, 5.41) is 9.03. The van der Waals surface area contributed by atoms with Crippen LogP contribution in [-0.2, 0) is 12.6 Å². The molecule has 0 bridgehead atoms. The van der Waals surface area contributed by atoms with Gasteiger partial charge in [-0.25, -0.2) is 0 Å². The lowest BCUT2D eigenvalue weighted by Gasteiger charge is -2.20. The van der Waals surface area contributed by atoms with Gasteiger partial charge in [0.2, 0.25) is 0 Å². The van der Waals surface area contributed by atoms with Gasteiger partial charge in [-0.3, -0.25) is 0 Å². The normalized spacial score (nSPS) is 13.8. The van der Waals surface area contributed by atoms with E-state index in [1.807, 2.05) is 6.92 Å². The Hall–Kier alpha value is -1.03. The van der Waals surface area contributed by atoms with Gasteiger partial charge in [0.15, 0.2) is 0 Å². The minimum Gasteiger partial charge on any atom is -0.396 e. The summed E-state index contributed by atoms with van der Waals surface area (Å²) in [6.45, 7) is 3.17. The van der Waals surface area contributed by atoms with Crippen LogP contribution in [0.15, 0.2) is 18.2 Å². The Morgan fingerprint density at radius 1 is 1.29 bits per heavy atom. The van der Waals surface area contributed by atoms with E-state index in [-0.39, 0.29) is 12.2 Å². The van der Waals surface area contributed by atoms with Crippen molar-refractivity contribution in [2.75, 3.05) is 6.61 Å². The molecule has 0 aliphatic carbocycles. The minimum absolute atomic E-state index is 0.186. The highest BCUT2D eigenvalue weighted by atomic mass is 19.4. The molecule has 1 N–H and O–H groups in total. The monoisotopic (exact) mass is 246 g/mol. The van der Waals surface area contributed by atoms with Crippen molar-refractivity contribution < 1.29 is 18.3 Å². The van der Waals surface area contributed by atoms with Crippen molar-refractivity contribution in [3.05, 3.63) is 34.9 Å². The molecule has 0 radical (unpaired) electrons. The van der Waals surface area contributed by atoms with Gasteiger partial charge in [0.1, 0.15) is 0 Å². The molecule has 1 rings (SSSR count). The molecule has 17 heavy (non-hydrogen) atoms. The molecule has 0 amide bonds. The zero-order valence-electron chi connectivity index (χ0n) is 10.0. The average molecular weight is 246 g/mol. The van der Waals surface area contributed by atoms with Crippen LogP contribution in [0, 0.1) is 0 Å². The third kappa shape index (κ3) is 3.22. The lowest BCUT2D eigenvalue weighted by atomic mass is 9.90. The molecule has 4 heteroatoms. The molecule has 1 unspecified atom stereocenters.